The fourth-order valence-corrected chi connectivity index (χ4v) is 6.44. The Hall–Kier alpha value is -4.64. The van der Waals surface area contributed by atoms with Crippen LogP contribution in [-0.4, -0.2) is 98.7 Å². The Bertz CT molecular complexity index is 1920. The molecule has 3 aromatic heterocycles. The molecule has 16 heteroatoms. The van der Waals surface area contributed by atoms with Gasteiger partial charge in [-0.2, -0.15) is 5.10 Å². The predicted octanol–water partition coefficient (Wildman–Crippen LogP) is 2.26. The maximum absolute atomic E-state index is 13.7. The third-order valence-electron chi connectivity index (χ3n) is 8.76. The zero-order chi connectivity index (χ0) is 35.4. The predicted molar refractivity (Wildman–Crippen MR) is 186 cm³/mol. The number of fused-ring (bicyclic) bond motifs is 2. The van der Waals surface area contributed by atoms with Crippen molar-refractivity contribution in [3.8, 4) is 11.1 Å². The van der Waals surface area contributed by atoms with Crippen LogP contribution in [0.2, 0.25) is 0 Å². The van der Waals surface area contributed by atoms with Gasteiger partial charge in [-0.15, -0.1) is 0 Å². The smallest absolute Gasteiger partial charge is 0.248 e. The number of ketones is 1. The number of benzene rings is 1. The summed E-state index contributed by atoms with van der Waals surface area (Å²) < 4.78 is 12.6. The lowest BCUT2D eigenvalue weighted by molar-refractivity contribution is -0.138. The van der Waals surface area contributed by atoms with E-state index in [1.54, 1.807) is 29.4 Å². The van der Waals surface area contributed by atoms with E-state index in [2.05, 4.69) is 46.6 Å². The Morgan fingerprint density at radius 1 is 1.04 bits per heavy atom. The van der Waals surface area contributed by atoms with Gasteiger partial charge in [0.05, 0.1) is 31.9 Å². The van der Waals surface area contributed by atoms with E-state index in [1.807, 2.05) is 25.1 Å². The molecule has 1 saturated heterocycles. The molecular formula is C34H38BrN9O6. The van der Waals surface area contributed by atoms with Gasteiger partial charge in [0.2, 0.25) is 17.7 Å². The molecule has 6 rings (SSSR count). The zero-order valence-electron chi connectivity index (χ0n) is 27.7. The molecular weight excluding hydrogens is 710 g/mol. The highest BCUT2D eigenvalue weighted by molar-refractivity contribution is 9.10. The van der Waals surface area contributed by atoms with Gasteiger partial charge in [-0.05, 0) is 70.4 Å². The van der Waals surface area contributed by atoms with Gasteiger partial charge in [0.25, 0.3) is 0 Å². The minimum Gasteiger partial charge on any atom is -0.378 e. The molecule has 1 aliphatic carbocycles. The van der Waals surface area contributed by atoms with Crippen LogP contribution in [0.1, 0.15) is 35.2 Å². The highest BCUT2D eigenvalue weighted by atomic mass is 79.9. The van der Waals surface area contributed by atoms with Crippen LogP contribution in [0.5, 0.6) is 0 Å². The van der Waals surface area contributed by atoms with Crippen LogP contribution in [-0.2, 0) is 36.9 Å². The Kier molecular flexibility index (Phi) is 10.9. The fraction of sp³-hybridized carbons (Fsp3) is 0.412. The fourth-order valence-electron chi connectivity index (χ4n) is 6.13. The van der Waals surface area contributed by atoms with E-state index < -0.39 is 6.04 Å². The molecule has 50 heavy (non-hydrogen) atoms. The molecule has 15 nitrogen and oxygen atoms in total. The van der Waals surface area contributed by atoms with Crippen LogP contribution in [0, 0.1) is 18.8 Å². The Morgan fingerprint density at radius 3 is 2.58 bits per heavy atom. The second-order valence-corrected chi connectivity index (χ2v) is 13.2. The summed E-state index contributed by atoms with van der Waals surface area (Å²) in [6, 6.07) is 8.53. The summed E-state index contributed by atoms with van der Waals surface area (Å²) in [5.74, 6) is 0.195. The van der Waals surface area contributed by atoms with Crippen LogP contribution in [0.25, 0.3) is 22.0 Å². The highest BCUT2D eigenvalue weighted by Gasteiger charge is 2.56. The van der Waals surface area contributed by atoms with Gasteiger partial charge >= 0.3 is 0 Å². The van der Waals surface area contributed by atoms with Gasteiger partial charge < -0.3 is 30.7 Å². The Morgan fingerprint density at radius 2 is 1.82 bits per heavy atom. The van der Waals surface area contributed by atoms with Crippen molar-refractivity contribution in [2.45, 2.75) is 39.4 Å². The standard InChI is InChI=1S/C34H38BrN9O6/c1-19-3-6-27(35)40-33(19)41-34(48)32-24-12-22(24)16-43(32)30(47)17-44-26-5-4-21(11-25(26)31(42-44)20(2)45)23-13-37-28(38-14-23)15-39-29(46)18-50-10-9-49-8-7-36/h3-6,11,13-14,22,24,32H,7-10,12,15-18,36H2,1-2H3,(H,39,46)(H,40,41,48)/t22-,24-,32+/m1/s1. The molecule has 0 bridgehead atoms. The number of pyridine rings is 1. The number of aromatic nitrogens is 5. The topological polar surface area (TPSA) is 197 Å². The summed E-state index contributed by atoms with van der Waals surface area (Å²) in [5.41, 5.74) is 8.46. The van der Waals surface area contributed by atoms with Gasteiger partial charge in [-0.25, -0.2) is 15.0 Å². The van der Waals surface area contributed by atoms with Crippen molar-refractivity contribution in [2.24, 2.45) is 17.6 Å². The number of nitrogens with one attached hydrogen (secondary N) is 2. The third kappa shape index (κ3) is 8.04. The first-order valence-corrected chi connectivity index (χ1v) is 17.1. The molecule has 0 radical (unpaired) electrons. The number of amides is 3. The van der Waals surface area contributed by atoms with E-state index in [4.69, 9.17) is 15.2 Å². The summed E-state index contributed by atoms with van der Waals surface area (Å²) in [6.45, 7) is 5.19. The van der Waals surface area contributed by atoms with Crippen molar-refractivity contribution in [1.29, 1.82) is 0 Å². The number of anilines is 1. The van der Waals surface area contributed by atoms with E-state index >= 15 is 0 Å². The van der Waals surface area contributed by atoms with Crippen molar-refractivity contribution in [3.05, 3.63) is 64.4 Å². The first kappa shape index (κ1) is 35.2. The largest absolute Gasteiger partial charge is 0.378 e. The molecule has 1 aromatic carbocycles. The van der Waals surface area contributed by atoms with Crippen molar-refractivity contribution in [1.82, 2.24) is 34.9 Å². The van der Waals surface area contributed by atoms with Crippen LogP contribution in [0.15, 0.2) is 47.3 Å². The summed E-state index contributed by atoms with van der Waals surface area (Å²) in [6.07, 6.45) is 4.17. The zero-order valence-corrected chi connectivity index (χ0v) is 29.3. The van der Waals surface area contributed by atoms with Crippen LogP contribution < -0.4 is 16.4 Å². The summed E-state index contributed by atoms with van der Waals surface area (Å²) in [5, 5.41) is 10.7. The van der Waals surface area contributed by atoms with Crippen LogP contribution >= 0.6 is 15.9 Å². The van der Waals surface area contributed by atoms with Gasteiger partial charge in [-0.3, -0.25) is 23.9 Å². The number of halogens is 1. The van der Waals surface area contributed by atoms with Crippen molar-refractivity contribution in [3.63, 3.8) is 0 Å². The maximum Gasteiger partial charge on any atom is 0.248 e. The van der Waals surface area contributed by atoms with Crippen molar-refractivity contribution >= 4 is 56.2 Å². The molecule has 0 unspecified atom stereocenters. The molecule has 3 atom stereocenters. The molecule has 4 N–H and O–H groups in total. The van der Waals surface area contributed by atoms with E-state index in [9.17, 15) is 19.2 Å². The number of nitrogens with two attached hydrogens (primary N) is 1. The lowest BCUT2D eigenvalue weighted by Crippen LogP contribution is -2.47. The number of carbonyl (C=O) groups excluding carboxylic acids is 4. The molecule has 4 heterocycles. The average Bonchev–Trinajstić information content (AvgIpc) is 3.61. The molecule has 1 aliphatic heterocycles. The average molecular weight is 749 g/mol. The third-order valence-corrected chi connectivity index (χ3v) is 9.20. The molecule has 262 valence electrons. The lowest BCUT2D eigenvalue weighted by atomic mass is 10.0. The van der Waals surface area contributed by atoms with E-state index in [1.165, 1.54) is 11.6 Å². The molecule has 3 amide bonds. The second-order valence-electron chi connectivity index (χ2n) is 12.4. The summed E-state index contributed by atoms with van der Waals surface area (Å²) >= 11 is 3.35. The SMILES string of the molecule is CC(=O)c1nn(CC(=O)N2C[C@H]3C[C@H]3[C@H]2C(=O)Nc2nc(Br)ccc2C)c2ccc(-c3cnc(CNC(=O)COCCOCCN)nc3)cc12. The van der Waals surface area contributed by atoms with Crippen LogP contribution in [0.4, 0.5) is 5.82 Å². The normalized spacial score (nSPS) is 17.8. The first-order valence-electron chi connectivity index (χ1n) is 16.3. The van der Waals surface area contributed by atoms with E-state index in [0.29, 0.717) is 59.0 Å². The quantitative estimate of drug-likeness (QED) is 0.0917. The van der Waals surface area contributed by atoms with Crippen molar-refractivity contribution < 1.29 is 28.7 Å². The number of likely N-dealkylation sites (tertiary alicyclic amines) is 1. The number of hydrogen-bond donors (Lipinski definition) is 3. The number of nitrogens with zero attached hydrogens (tertiary/aromatic N) is 6. The van der Waals surface area contributed by atoms with Gasteiger partial charge in [-0.1, -0.05) is 12.1 Å². The molecule has 1 saturated carbocycles. The van der Waals surface area contributed by atoms with E-state index in [0.717, 1.165) is 17.5 Å². The summed E-state index contributed by atoms with van der Waals surface area (Å²) in [7, 11) is 0. The Labute approximate surface area is 296 Å². The minimum absolute atomic E-state index is 0.104. The molecule has 2 aliphatic rings. The second kappa shape index (κ2) is 15.5. The maximum atomic E-state index is 13.7. The lowest BCUT2D eigenvalue weighted by Gasteiger charge is -2.27. The number of ether oxygens (including phenoxy) is 2. The minimum atomic E-state index is -0.607. The highest BCUT2D eigenvalue weighted by Crippen LogP contribution is 2.50. The van der Waals surface area contributed by atoms with Crippen LogP contribution in [0.3, 0.4) is 0 Å². The summed E-state index contributed by atoms with van der Waals surface area (Å²) in [4.78, 5) is 66.7. The number of carbonyl (C=O) groups is 4. The first-order chi connectivity index (χ1) is 24.1. The number of hydrogen-bond acceptors (Lipinski definition) is 11. The monoisotopic (exact) mass is 747 g/mol. The number of piperidine rings is 1. The molecule has 4 aromatic rings. The van der Waals surface area contributed by atoms with Gasteiger partial charge in [0, 0.05) is 43.4 Å². The van der Waals surface area contributed by atoms with Gasteiger partial charge in [0.15, 0.2) is 5.78 Å². The van der Waals surface area contributed by atoms with Gasteiger partial charge in [0.1, 0.15) is 41.1 Å². The molecule has 2 fully saturated rings. The Balaban J connectivity index is 1.11. The number of aryl methyl sites for hydroxylation is 1. The van der Waals surface area contributed by atoms with E-state index in [-0.39, 0.29) is 67.3 Å². The van der Waals surface area contributed by atoms with Crippen molar-refractivity contribution in [2.75, 3.05) is 44.8 Å². The molecule has 0 spiro atoms. The number of Topliss-reactive ketones (excluding diaryl/α,β-unsaturated/α-hetero) is 1. The number of rotatable bonds is 15.